The predicted molar refractivity (Wildman–Crippen MR) is 68.4 cm³/mol. The standard InChI is InChI=1S/C14H17F2NO3/c1-14(2,20)11-4-3-5-17(11)13(19)12-9(16)6-8(15)7-10(12)18/h6-7,11,18,20H,3-5H2,1-2H3. The summed E-state index contributed by atoms with van der Waals surface area (Å²) in [5.74, 6) is -3.51. The molecule has 4 nitrogen and oxygen atoms in total. The molecule has 0 aliphatic carbocycles. The Hall–Kier alpha value is -1.69. The highest BCUT2D eigenvalue weighted by Crippen LogP contribution is 2.31. The molecule has 20 heavy (non-hydrogen) atoms. The number of hydrogen-bond donors (Lipinski definition) is 2. The number of hydrogen-bond acceptors (Lipinski definition) is 3. The average Bonchev–Trinajstić information content (AvgIpc) is 2.75. The number of halogens is 2. The quantitative estimate of drug-likeness (QED) is 0.874. The van der Waals surface area contributed by atoms with E-state index in [0.717, 1.165) is 0 Å². The Morgan fingerprint density at radius 3 is 2.60 bits per heavy atom. The van der Waals surface area contributed by atoms with Gasteiger partial charge in [-0.05, 0) is 26.7 Å². The van der Waals surface area contributed by atoms with Crippen LogP contribution in [0.25, 0.3) is 0 Å². The maximum atomic E-state index is 13.7. The Kier molecular flexibility index (Phi) is 3.69. The third-order valence-electron chi connectivity index (χ3n) is 3.58. The summed E-state index contributed by atoms with van der Waals surface area (Å²) in [6.45, 7) is 3.51. The molecule has 0 aromatic heterocycles. The molecule has 1 saturated heterocycles. The second-order valence-electron chi connectivity index (χ2n) is 5.59. The van der Waals surface area contributed by atoms with Crippen molar-refractivity contribution in [3.63, 3.8) is 0 Å². The molecule has 2 N–H and O–H groups in total. The summed E-state index contributed by atoms with van der Waals surface area (Å²) in [4.78, 5) is 13.7. The Labute approximate surface area is 115 Å². The van der Waals surface area contributed by atoms with Gasteiger partial charge in [0, 0.05) is 18.7 Å². The molecule has 2 rings (SSSR count). The zero-order chi connectivity index (χ0) is 15.1. The van der Waals surface area contributed by atoms with Crippen molar-refractivity contribution in [2.24, 2.45) is 0 Å². The summed E-state index contributed by atoms with van der Waals surface area (Å²) >= 11 is 0. The second kappa shape index (κ2) is 5.01. The van der Waals surface area contributed by atoms with E-state index in [1.54, 1.807) is 13.8 Å². The minimum absolute atomic E-state index is 0.365. The van der Waals surface area contributed by atoms with Crippen molar-refractivity contribution >= 4 is 5.91 Å². The molecule has 1 atom stereocenters. The monoisotopic (exact) mass is 285 g/mol. The highest BCUT2D eigenvalue weighted by molar-refractivity contribution is 5.97. The maximum Gasteiger partial charge on any atom is 0.260 e. The third kappa shape index (κ3) is 2.60. The summed E-state index contributed by atoms with van der Waals surface area (Å²) < 4.78 is 26.7. The van der Waals surface area contributed by atoms with E-state index in [9.17, 15) is 23.8 Å². The van der Waals surface area contributed by atoms with Crippen LogP contribution in [0.3, 0.4) is 0 Å². The van der Waals surface area contributed by atoms with Crippen LogP contribution in [0, 0.1) is 11.6 Å². The van der Waals surface area contributed by atoms with E-state index in [0.29, 0.717) is 31.5 Å². The van der Waals surface area contributed by atoms with Crippen LogP contribution in [0.1, 0.15) is 37.0 Å². The zero-order valence-corrected chi connectivity index (χ0v) is 11.4. The Bertz CT molecular complexity index is 517. The molecule has 1 aromatic rings. The van der Waals surface area contributed by atoms with Crippen LogP contribution in [0.15, 0.2) is 12.1 Å². The van der Waals surface area contributed by atoms with E-state index < -0.39 is 40.5 Å². The van der Waals surface area contributed by atoms with Crippen molar-refractivity contribution in [1.82, 2.24) is 4.90 Å². The molecule has 1 heterocycles. The molecular formula is C14H17F2NO3. The highest BCUT2D eigenvalue weighted by atomic mass is 19.1. The number of likely N-dealkylation sites (tertiary alicyclic amines) is 1. The first-order valence-electron chi connectivity index (χ1n) is 6.43. The fourth-order valence-corrected chi connectivity index (χ4v) is 2.66. The van der Waals surface area contributed by atoms with Gasteiger partial charge in [-0.15, -0.1) is 0 Å². The summed E-state index contributed by atoms with van der Waals surface area (Å²) in [7, 11) is 0. The van der Waals surface area contributed by atoms with Gasteiger partial charge in [0.25, 0.3) is 5.91 Å². The predicted octanol–water partition coefficient (Wildman–Crippen LogP) is 2.05. The SMILES string of the molecule is CC(C)(O)C1CCCN1C(=O)c1c(O)cc(F)cc1F. The molecule has 0 radical (unpaired) electrons. The van der Waals surface area contributed by atoms with Crippen molar-refractivity contribution in [3.8, 4) is 5.75 Å². The van der Waals surface area contributed by atoms with Crippen LogP contribution < -0.4 is 0 Å². The highest BCUT2D eigenvalue weighted by Gasteiger charge is 2.40. The number of phenolic OH excluding ortho intramolecular Hbond substituents is 1. The van der Waals surface area contributed by atoms with Crippen LogP contribution in [0.4, 0.5) is 8.78 Å². The molecule has 0 bridgehead atoms. The number of rotatable bonds is 2. The summed E-state index contributed by atoms with van der Waals surface area (Å²) in [5, 5.41) is 19.7. The first kappa shape index (κ1) is 14.7. The van der Waals surface area contributed by atoms with Crippen molar-refractivity contribution in [3.05, 3.63) is 29.3 Å². The lowest BCUT2D eigenvalue weighted by Gasteiger charge is -2.34. The smallest absolute Gasteiger partial charge is 0.260 e. The minimum atomic E-state index is -1.13. The molecule has 0 spiro atoms. The first-order chi connectivity index (χ1) is 9.21. The van der Waals surface area contributed by atoms with Gasteiger partial charge in [-0.2, -0.15) is 0 Å². The van der Waals surface area contributed by atoms with Gasteiger partial charge in [-0.1, -0.05) is 0 Å². The van der Waals surface area contributed by atoms with Crippen LogP contribution >= 0.6 is 0 Å². The molecule has 6 heteroatoms. The number of carbonyl (C=O) groups excluding carboxylic acids is 1. The number of benzene rings is 1. The van der Waals surface area contributed by atoms with Crippen molar-refractivity contribution < 1.29 is 23.8 Å². The summed E-state index contributed by atoms with van der Waals surface area (Å²) in [5.41, 5.74) is -1.68. The van der Waals surface area contributed by atoms with Gasteiger partial charge >= 0.3 is 0 Å². The molecule has 0 saturated carbocycles. The Morgan fingerprint density at radius 2 is 2.05 bits per heavy atom. The van der Waals surface area contributed by atoms with Gasteiger partial charge < -0.3 is 15.1 Å². The van der Waals surface area contributed by atoms with E-state index >= 15 is 0 Å². The fraction of sp³-hybridized carbons (Fsp3) is 0.500. The number of nitrogens with zero attached hydrogens (tertiary/aromatic N) is 1. The van der Waals surface area contributed by atoms with Gasteiger partial charge in [-0.25, -0.2) is 8.78 Å². The van der Waals surface area contributed by atoms with Crippen molar-refractivity contribution in [2.75, 3.05) is 6.54 Å². The van der Waals surface area contributed by atoms with E-state index in [2.05, 4.69) is 0 Å². The number of carbonyl (C=O) groups is 1. The number of amides is 1. The molecule has 1 fully saturated rings. The van der Waals surface area contributed by atoms with E-state index in [1.165, 1.54) is 4.90 Å². The molecular weight excluding hydrogens is 268 g/mol. The topological polar surface area (TPSA) is 60.8 Å². The first-order valence-corrected chi connectivity index (χ1v) is 6.43. The maximum absolute atomic E-state index is 13.7. The summed E-state index contributed by atoms with van der Waals surface area (Å²) in [6.07, 6.45) is 1.28. The normalized spacial score (nSPS) is 19.4. The second-order valence-corrected chi connectivity index (χ2v) is 5.59. The average molecular weight is 285 g/mol. The van der Waals surface area contributed by atoms with Gasteiger partial charge in [0.1, 0.15) is 22.9 Å². The largest absolute Gasteiger partial charge is 0.507 e. The Balaban J connectivity index is 2.37. The Morgan fingerprint density at radius 1 is 1.40 bits per heavy atom. The van der Waals surface area contributed by atoms with E-state index in [4.69, 9.17) is 0 Å². The van der Waals surface area contributed by atoms with Gasteiger partial charge in [0.2, 0.25) is 0 Å². The van der Waals surface area contributed by atoms with Gasteiger partial charge in [0.05, 0.1) is 11.6 Å². The van der Waals surface area contributed by atoms with Crippen LogP contribution in [0.5, 0.6) is 5.75 Å². The van der Waals surface area contributed by atoms with Gasteiger partial charge in [0.15, 0.2) is 0 Å². The molecule has 1 aliphatic rings. The molecule has 1 aliphatic heterocycles. The minimum Gasteiger partial charge on any atom is -0.507 e. The van der Waals surface area contributed by atoms with Crippen molar-refractivity contribution in [2.45, 2.75) is 38.3 Å². The number of aliphatic hydroxyl groups is 1. The lowest BCUT2D eigenvalue weighted by Crippen LogP contribution is -2.48. The molecule has 1 unspecified atom stereocenters. The van der Waals surface area contributed by atoms with Gasteiger partial charge in [-0.3, -0.25) is 4.79 Å². The molecule has 110 valence electrons. The summed E-state index contributed by atoms with van der Waals surface area (Å²) in [6, 6.07) is 0.798. The third-order valence-corrected chi connectivity index (χ3v) is 3.58. The number of aromatic hydroxyl groups is 1. The van der Waals surface area contributed by atoms with Crippen LogP contribution in [-0.2, 0) is 0 Å². The van der Waals surface area contributed by atoms with Crippen LogP contribution in [0.2, 0.25) is 0 Å². The lowest BCUT2D eigenvalue weighted by molar-refractivity contribution is 0.0000307. The van der Waals surface area contributed by atoms with E-state index in [-0.39, 0.29) is 0 Å². The number of phenols is 1. The molecule has 1 amide bonds. The molecule has 1 aromatic carbocycles. The lowest BCUT2D eigenvalue weighted by atomic mass is 9.96. The van der Waals surface area contributed by atoms with Crippen molar-refractivity contribution in [1.29, 1.82) is 0 Å². The van der Waals surface area contributed by atoms with E-state index in [1.807, 2.05) is 0 Å². The fourth-order valence-electron chi connectivity index (χ4n) is 2.66. The van der Waals surface area contributed by atoms with Crippen LogP contribution in [-0.4, -0.2) is 39.2 Å². The zero-order valence-electron chi connectivity index (χ0n) is 11.4.